The quantitative estimate of drug-likeness (QED) is 0.710. The van der Waals surface area contributed by atoms with Crippen LogP contribution >= 0.6 is 0 Å². The molecule has 2 aromatic carbocycles. The Morgan fingerprint density at radius 1 is 1.08 bits per heavy atom. The first-order valence-corrected chi connectivity index (χ1v) is 8.90. The predicted octanol–water partition coefficient (Wildman–Crippen LogP) is 3.05. The number of benzene rings is 2. The summed E-state index contributed by atoms with van der Waals surface area (Å²) in [5.41, 5.74) is 2.07. The van der Waals surface area contributed by atoms with E-state index in [-0.39, 0.29) is 12.5 Å². The average molecular weight is 357 g/mol. The van der Waals surface area contributed by atoms with Crippen LogP contribution in [0.5, 0.6) is 11.5 Å². The second-order valence-electron chi connectivity index (χ2n) is 5.94. The van der Waals surface area contributed by atoms with Gasteiger partial charge in [0.15, 0.2) is 11.5 Å². The van der Waals surface area contributed by atoms with E-state index in [0.29, 0.717) is 44.0 Å². The molecule has 0 aliphatic rings. The van der Waals surface area contributed by atoms with Crippen LogP contribution in [-0.4, -0.2) is 42.8 Å². The van der Waals surface area contributed by atoms with Crippen molar-refractivity contribution in [2.24, 2.45) is 0 Å². The number of ether oxygens (including phenoxy) is 2. The number of aliphatic hydroxyl groups is 1. The highest BCUT2D eigenvalue weighted by Crippen LogP contribution is 2.28. The van der Waals surface area contributed by atoms with E-state index in [1.165, 1.54) is 0 Å². The number of carbonyl (C=O) groups is 1. The molecule has 5 heteroatoms. The van der Waals surface area contributed by atoms with Gasteiger partial charge in [-0.25, -0.2) is 0 Å². The molecule has 1 amide bonds. The maximum Gasteiger partial charge on any atom is 0.223 e. The van der Waals surface area contributed by atoms with Gasteiger partial charge in [-0.05, 0) is 36.6 Å². The van der Waals surface area contributed by atoms with Crippen LogP contribution in [0.25, 0.3) is 0 Å². The van der Waals surface area contributed by atoms with Crippen LogP contribution in [0.4, 0.5) is 0 Å². The second-order valence-corrected chi connectivity index (χ2v) is 5.94. The lowest BCUT2D eigenvalue weighted by Crippen LogP contribution is -2.33. The zero-order valence-electron chi connectivity index (χ0n) is 15.5. The van der Waals surface area contributed by atoms with Crippen molar-refractivity contribution < 1.29 is 19.4 Å². The lowest BCUT2D eigenvalue weighted by Gasteiger charge is -2.22. The number of methoxy groups -OCH3 is 1. The van der Waals surface area contributed by atoms with Crippen LogP contribution in [0.2, 0.25) is 0 Å². The summed E-state index contributed by atoms with van der Waals surface area (Å²) in [5.74, 6) is 1.40. The van der Waals surface area contributed by atoms with E-state index >= 15 is 0 Å². The van der Waals surface area contributed by atoms with E-state index in [2.05, 4.69) is 0 Å². The van der Waals surface area contributed by atoms with Crippen LogP contribution in [0.1, 0.15) is 24.5 Å². The first-order chi connectivity index (χ1) is 12.7. The van der Waals surface area contributed by atoms with Crippen LogP contribution in [0.3, 0.4) is 0 Å². The van der Waals surface area contributed by atoms with Crippen LogP contribution in [0, 0.1) is 0 Å². The Kier molecular flexibility index (Phi) is 7.96. The van der Waals surface area contributed by atoms with Crippen molar-refractivity contribution in [1.82, 2.24) is 4.90 Å². The highest BCUT2D eigenvalue weighted by atomic mass is 16.5. The fraction of sp³-hybridized carbons (Fsp3) is 0.381. The maximum absolute atomic E-state index is 12.6. The normalized spacial score (nSPS) is 10.4. The largest absolute Gasteiger partial charge is 0.493 e. The maximum atomic E-state index is 12.6. The summed E-state index contributed by atoms with van der Waals surface area (Å²) in [6, 6.07) is 15.5. The van der Waals surface area contributed by atoms with Crippen LogP contribution in [-0.2, 0) is 17.8 Å². The Labute approximate surface area is 155 Å². The number of hydrogen-bond donors (Lipinski definition) is 1. The zero-order valence-corrected chi connectivity index (χ0v) is 15.5. The molecule has 5 nitrogen and oxygen atoms in total. The Hall–Kier alpha value is -2.53. The van der Waals surface area contributed by atoms with E-state index < -0.39 is 0 Å². The number of hydrogen-bond acceptors (Lipinski definition) is 4. The average Bonchev–Trinajstić information content (AvgIpc) is 2.67. The van der Waals surface area contributed by atoms with Crippen molar-refractivity contribution in [2.45, 2.75) is 26.3 Å². The van der Waals surface area contributed by atoms with Gasteiger partial charge in [0.25, 0.3) is 0 Å². The third-order valence-electron chi connectivity index (χ3n) is 4.09. The van der Waals surface area contributed by atoms with Crippen molar-refractivity contribution in [1.29, 1.82) is 0 Å². The summed E-state index contributed by atoms with van der Waals surface area (Å²) in [7, 11) is 1.61. The van der Waals surface area contributed by atoms with E-state index in [0.717, 1.165) is 11.1 Å². The second kappa shape index (κ2) is 10.5. The molecule has 0 aliphatic carbocycles. The van der Waals surface area contributed by atoms with E-state index in [4.69, 9.17) is 9.47 Å². The van der Waals surface area contributed by atoms with Crippen molar-refractivity contribution in [3.63, 3.8) is 0 Å². The summed E-state index contributed by atoms with van der Waals surface area (Å²) in [6.45, 7) is 3.29. The Bertz CT molecular complexity index is 688. The SMILES string of the molecule is CCOc1ccc(CCC(=O)N(CCO)Cc2ccccc2)cc1OC. The van der Waals surface area contributed by atoms with Crippen molar-refractivity contribution in [3.05, 3.63) is 59.7 Å². The monoisotopic (exact) mass is 357 g/mol. The Balaban J connectivity index is 1.98. The number of amides is 1. The first-order valence-electron chi connectivity index (χ1n) is 8.90. The highest BCUT2D eigenvalue weighted by Gasteiger charge is 2.14. The molecule has 0 aromatic heterocycles. The van der Waals surface area contributed by atoms with Gasteiger partial charge in [-0.15, -0.1) is 0 Å². The fourth-order valence-electron chi connectivity index (χ4n) is 2.77. The van der Waals surface area contributed by atoms with Gasteiger partial charge >= 0.3 is 0 Å². The zero-order chi connectivity index (χ0) is 18.8. The Morgan fingerprint density at radius 2 is 1.85 bits per heavy atom. The third-order valence-corrected chi connectivity index (χ3v) is 4.09. The van der Waals surface area contributed by atoms with Crippen molar-refractivity contribution in [3.8, 4) is 11.5 Å². The first kappa shape index (κ1) is 19.8. The number of aliphatic hydroxyl groups excluding tert-OH is 1. The smallest absolute Gasteiger partial charge is 0.223 e. The van der Waals surface area contributed by atoms with Crippen LogP contribution < -0.4 is 9.47 Å². The number of aryl methyl sites for hydroxylation is 1. The molecule has 0 spiro atoms. The van der Waals surface area contributed by atoms with Gasteiger partial charge in [0, 0.05) is 19.5 Å². The van der Waals surface area contributed by atoms with E-state index in [9.17, 15) is 9.90 Å². The molecule has 0 radical (unpaired) electrons. The molecule has 0 aliphatic heterocycles. The highest BCUT2D eigenvalue weighted by molar-refractivity contribution is 5.76. The summed E-state index contributed by atoms with van der Waals surface area (Å²) in [5, 5.41) is 9.27. The number of nitrogens with zero attached hydrogens (tertiary/aromatic N) is 1. The fourth-order valence-corrected chi connectivity index (χ4v) is 2.77. The molecule has 0 saturated carbocycles. The minimum atomic E-state index is -0.0462. The molecule has 2 aromatic rings. The molecule has 0 unspecified atom stereocenters. The summed E-state index contributed by atoms with van der Waals surface area (Å²) < 4.78 is 10.9. The predicted molar refractivity (Wildman–Crippen MR) is 101 cm³/mol. The number of rotatable bonds is 10. The van der Waals surface area contributed by atoms with Gasteiger partial charge < -0.3 is 19.5 Å². The molecule has 0 bridgehead atoms. The summed E-state index contributed by atoms with van der Waals surface area (Å²) in [4.78, 5) is 14.3. The van der Waals surface area contributed by atoms with Crippen molar-refractivity contribution in [2.75, 3.05) is 26.9 Å². The van der Waals surface area contributed by atoms with E-state index in [1.54, 1.807) is 12.0 Å². The summed E-state index contributed by atoms with van der Waals surface area (Å²) >= 11 is 0. The molecule has 0 heterocycles. The molecule has 0 fully saturated rings. The van der Waals surface area contributed by atoms with Gasteiger partial charge in [-0.3, -0.25) is 4.79 Å². The third kappa shape index (κ3) is 5.77. The van der Waals surface area contributed by atoms with Gasteiger partial charge in [0.05, 0.1) is 20.3 Å². The Morgan fingerprint density at radius 3 is 2.50 bits per heavy atom. The van der Waals surface area contributed by atoms with Gasteiger partial charge in [0.1, 0.15) is 0 Å². The minimum Gasteiger partial charge on any atom is -0.493 e. The van der Waals surface area contributed by atoms with E-state index in [1.807, 2.05) is 55.5 Å². The molecule has 1 N–H and O–H groups in total. The molecule has 0 atom stereocenters. The molecule has 26 heavy (non-hydrogen) atoms. The standard InChI is InChI=1S/C21H27NO4/c1-3-26-19-11-9-17(15-20(19)25-2)10-12-21(24)22(13-14-23)16-18-7-5-4-6-8-18/h4-9,11,15,23H,3,10,12-14,16H2,1-2H3. The van der Waals surface area contributed by atoms with Crippen molar-refractivity contribution >= 4 is 5.91 Å². The van der Waals surface area contributed by atoms with Gasteiger partial charge in [-0.1, -0.05) is 36.4 Å². The number of carbonyl (C=O) groups excluding carboxylic acids is 1. The molecule has 140 valence electrons. The lowest BCUT2D eigenvalue weighted by molar-refractivity contribution is -0.132. The van der Waals surface area contributed by atoms with Crippen LogP contribution in [0.15, 0.2) is 48.5 Å². The molecular formula is C21H27NO4. The molecule has 2 rings (SSSR count). The topological polar surface area (TPSA) is 59.0 Å². The minimum absolute atomic E-state index is 0.0238. The summed E-state index contributed by atoms with van der Waals surface area (Å²) in [6.07, 6.45) is 0.988. The molecule has 0 saturated heterocycles. The molecular weight excluding hydrogens is 330 g/mol. The lowest BCUT2D eigenvalue weighted by atomic mass is 10.1. The van der Waals surface area contributed by atoms with Gasteiger partial charge in [0.2, 0.25) is 5.91 Å². The van der Waals surface area contributed by atoms with Gasteiger partial charge in [-0.2, -0.15) is 0 Å².